The molecule has 2 rings (SSSR count). The second-order valence-corrected chi connectivity index (χ2v) is 6.96. The lowest BCUT2D eigenvalue weighted by Gasteiger charge is -2.51. The minimum atomic E-state index is -2.60. The smallest absolute Gasteiger partial charge is 0.408 e. The summed E-state index contributed by atoms with van der Waals surface area (Å²) in [6, 6.07) is 0. The Morgan fingerprint density at radius 1 is 1.35 bits per heavy atom. The molecule has 0 aliphatic carbocycles. The number of carbonyl (C=O) groups is 1. The number of hydrogen-bond donors (Lipinski definition) is 1. The molecule has 23 heavy (non-hydrogen) atoms. The van der Waals surface area contributed by atoms with Crippen LogP contribution < -0.4 is 0 Å². The van der Waals surface area contributed by atoms with Crippen LogP contribution in [-0.4, -0.2) is 38.2 Å². The van der Waals surface area contributed by atoms with Crippen LogP contribution in [0.5, 0.6) is 0 Å². The third kappa shape index (κ3) is 3.18. The fourth-order valence-electron chi connectivity index (χ4n) is 2.69. The number of alkyl halides is 2. The van der Waals surface area contributed by atoms with E-state index in [2.05, 4.69) is 9.97 Å². The molecular formula is C16H21F2N3O2. The van der Waals surface area contributed by atoms with Crippen LogP contribution in [0, 0.1) is 5.41 Å². The number of nitrogens with zero attached hydrogens (tertiary/aromatic N) is 3. The average Bonchev–Trinajstić information content (AvgIpc) is 2.45. The average molecular weight is 325 g/mol. The van der Waals surface area contributed by atoms with Crippen molar-refractivity contribution in [3.8, 4) is 0 Å². The van der Waals surface area contributed by atoms with E-state index in [1.165, 1.54) is 4.90 Å². The van der Waals surface area contributed by atoms with Crippen LogP contribution in [0.2, 0.25) is 0 Å². The molecule has 7 heteroatoms. The third-order valence-corrected chi connectivity index (χ3v) is 4.71. The van der Waals surface area contributed by atoms with Crippen LogP contribution in [0.1, 0.15) is 51.9 Å². The van der Waals surface area contributed by atoms with Crippen molar-refractivity contribution >= 4 is 11.7 Å². The van der Waals surface area contributed by atoms with Gasteiger partial charge in [0.25, 0.3) is 6.43 Å². The van der Waals surface area contributed by atoms with Gasteiger partial charge in [0, 0.05) is 18.9 Å². The maximum absolute atomic E-state index is 12.6. The largest absolute Gasteiger partial charge is 0.465 e. The van der Waals surface area contributed by atoms with Crippen molar-refractivity contribution in [2.24, 2.45) is 5.41 Å². The Hall–Kier alpha value is -2.05. The van der Waals surface area contributed by atoms with Crippen molar-refractivity contribution in [1.29, 1.82) is 0 Å². The molecule has 126 valence electrons. The topological polar surface area (TPSA) is 66.3 Å². The summed E-state index contributed by atoms with van der Waals surface area (Å²) in [5, 5.41) is 9.47. The standard InChI is InChI=1S/C16H21F2N3O2/c1-15(2,3)16(4)7-10(5-6-21(16)14(22)23)13-19-8-11(9-20-13)12(17)18/h5,8-9,12H,6-7H2,1-4H3,(H,22,23)/t16-/m0/s1. The molecule has 0 aromatic carbocycles. The van der Waals surface area contributed by atoms with Gasteiger partial charge in [0.1, 0.15) is 0 Å². The Bertz CT molecular complexity index is 623. The van der Waals surface area contributed by atoms with Gasteiger partial charge in [-0.15, -0.1) is 0 Å². The first-order valence-corrected chi connectivity index (χ1v) is 7.36. The predicted molar refractivity (Wildman–Crippen MR) is 82.2 cm³/mol. The number of hydrogen-bond acceptors (Lipinski definition) is 3. The van der Waals surface area contributed by atoms with E-state index in [0.29, 0.717) is 12.2 Å². The summed E-state index contributed by atoms with van der Waals surface area (Å²) in [6.07, 6.45) is 0.825. The fraction of sp³-hybridized carbons (Fsp3) is 0.562. The van der Waals surface area contributed by atoms with Crippen molar-refractivity contribution in [1.82, 2.24) is 14.9 Å². The molecule has 0 saturated carbocycles. The van der Waals surface area contributed by atoms with E-state index in [9.17, 15) is 18.7 Å². The molecule has 0 bridgehead atoms. The number of halogens is 2. The van der Waals surface area contributed by atoms with Crippen LogP contribution in [0.15, 0.2) is 18.5 Å². The van der Waals surface area contributed by atoms with E-state index in [4.69, 9.17) is 0 Å². The SMILES string of the molecule is CC(C)(C)[C@]1(C)CC(c2ncc(C(F)F)cn2)=CCN1C(=O)O. The highest BCUT2D eigenvalue weighted by molar-refractivity contribution is 5.71. The Kier molecular flexibility index (Phi) is 4.41. The molecule has 0 unspecified atom stereocenters. The Morgan fingerprint density at radius 2 is 1.91 bits per heavy atom. The van der Waals surface area contributed by atoms with Crippen LogP contribution >= 0.6 is 0 Å². The van der Waals surface area contributed by atoms with E-state index < -0.39 is 18.1 Å². The molecule has 1 amide bonds. The highest BCUT2D eigenvalue weighted by atomic mass is 19.3. The Morgan fingerprint density at radius 3 is 2.35 bits per heavy atom. The lowest BCUT2D eigenvalue weighted by molar-refractivity contribution is 0.0207. The number of aromatic nitrogens is 2. The predicted octanol–water partition coefficient (Wildman–Crippen LogP) is 3.99. The van der Waals surface area contributed by atoms with Crippen molar-refractivity contribution in [3.05, 3.63) is 29.9 Å². The summed E-state index contributed by atoms with van der Waals surface area (Å²) >= 11 is 0. The monoisotopic (exact) mass is 325 g/mol. The van der Waals surface area contributed by atoms with Crippen molar-refractivity contribution in [3.63, 3.8) is 0 Å². The maximum Gasteiger partial charge on any atom is 0.408 e. The first-order chi connectivity index (χ1) is 10.6. The van der Waals surface area contributed by atoms with Gasteiger partial charge in [0.15, 0.2) is 5.82 Å². The molecule has 1 aromatic rings. The van der Waals surface area contributed by atoms with E-state index in [1.807, 2.05) is 27.7 Å². The normalized spacial score (nSPS) is 22.2. The van der Waals surface area contributed by atoms with E-state index >= 15 is 0 Å². The molecule has 1 aliphatic heterocycles. The van der Waals surface area contributed by atoms with Gasteiger partial charge in [-0.25, -0.2) is 23.5 Å². The molecule has 1 N–H and O–H groups in total. The van der Waals surface area contributed by atoms with Gasteiger partial charge in [-0.2, -0.15) is 0 Å². The molecule has 0 radical (unpaired) electrons. The first kappa shape index (κ1) is 17.3. The molecule has 0 fully saturated rings. The zero-order valence-electron chi connectivity index (χ0n) is 13.7. The second kappa shape index (κ2) is 5.86. The number of carboxylic acid groups (broad SMARTS) is 1. The van der Waals surface area contributed by atoms with Crippen molar-refractivity contribution in [2.45, 2.75) is 46.1 Å². The molecule has 0 saturated heterocycles. The second-order valence-electron chi connectivity index (χ2n) is 6.96. The third-order valence-electron chi connectivity index (χ3n) is 4.71. The number of rotatable bonds is 2. The highest BCUT2D eigenvalue weighted by Crippen LogP contribution is 2.44. The van der Waals surface area contributed by atoms with Crippen LogP contribution in [0.4, 0.5) is 13.6 Å². The molecular weight excluding hydrogens is 304 g/mol. The molecule has 1 aliphatic rings. The van der Waals surface area contributed by atoms with Crippen LogP contribution in [0.3, 0.4) is 0 Å². The molecule has 2 heterocycles. The van der Waals surface area contributed by atoms with Gasteiger partial charge in [0.05, 0.1) is 11.1 Å². The van der Waals surface area contributed by atoms with Gasteiger partial charge in [-0.1, -0.05) is 26.8 Å². The lowest BCUT2D eigenvalue weighted by atomic mass is 9.69. The van der Waals surface area contributed by atoms with Crippen LogP contribution in [-0.2, 0) is 0 Å². The summed E-state index contributed by atoms with van der Waals surface area (Å²) < 4.78 is 25.2. The molecule has 0 spiro atoms. The highest BCUT2D eigenvalue weighted by Gasteiger charge is 2.47. The van der Waals surface area contributed by atoms with E-state index in [1.54, 1.807) is 6.08 Å². The van der Waals surface area contributed by atoms with Gasteiger partial charge >= 0.3 is 6.09 Å². The zero-order valence-corrected chi connectivity index (χ0v) is 13.7. The minimum absolute atomic E-state index is 0.221. The molecule has 5 nitrogen and oxygen atoms in total. The minimum Gasteiger partial charge on any atom is -0.465 e. The van der Waals surface area contributed by atoms with Crippen molar-refractivity contribution < 1.29 is 18.7 Å². The van der Waals surface area contributed by atoms with Gasteiger partial charge in [0.2, 0.25) is 0 Å². The maximum atomic E-state index is 12.6. The quantitative estimate of drug-likeness (QED) is 0.893. The van der Waals surface area contributed by atoms with Gasteiger partial charge in [-0.05, 0) is 24.3 Å². The van der Waals surface area contributed by atoms with Crippen molar-refractivity contribution in [2.75, 3.05) is 6.54 Å². The summed E-state index contributed by atoms with van der Waals surface area (Å²) in [6.45, 7) is 8.05. The lowest BCUT2D eigenvalue weighted by Crippen LogP contribution is -2.58. The fourth-order valence-corrected chi connectivity index (χ4v) is 2.69. The summed E-state index contributed by atoms with van der Waals surface area (Å²) in [4.78, 5) is 21.0. The van der Waals surface area contributed by atoms with Gasteiger partial charge in [-0.3, -0.25) is 4.90 Å². The molecule has 1 atom stereocenters. The Balaban J connectivity index is 2.37. The van der Waals surface area contributed by atoms with Gasteiger partial charge < -0.3 is 5.11 Å². The first-order valence-electron chi connectivity index (χ1n) is 7.36. The zero-order chi connectivity index (χ0) is 17.4. The van der Waals surface area contributed by atoms with E-state index in [0.717, 1.165) is 18.0 Å². The van der Waals surface area contributed by atoms with Crippen LogP contribution in [0.25, 0.3) is 5.57 Å². The molecule has 1 aromatic heterocycles. The Labute approximate surface area is 134 Å². The number of amides is 1. The summed E-state index contributed by atoms with van der Waals surface area (Å²) in [5.74, 6) is 0.370. The summed E-state index contributed by atoms with van der Waals surface area (Å²) in [7, 11) is 0. The summed E-state index contributed by atoms with van der Waals surface area (Å²) in [5.41, 5.74) is -0.404. The van der Waals surface area contributed by atoms with E-state index in [-0.39, 0.29) is 17.5 Å².